The van der Waals surface area contributed by atoms with Gasteiger partial charge in [0.15, 0.2) is 0 Å². The van der Waals surface area contributed by atoms with Crippen LogP contribution in [0.25, 0.3) is 5.95 Å². The first-order valence-corrected chi connectivity index (χ1v) is 6.83. The molecule has 0 aromatic carbocycles. The van der Waals surface area contributed by atoms with Crippen LogP contribution in [0, 0.1) is 0 Å². The van der Waals surface area contributed by atoms with Gasteiger partial charge in [0, 0.05) is 20.1 Å². The molecule has 0 bridgehead atoms. The number of hydrogen-bond donors (Lipinski definition) is 2. The highest BCUT2D eigenvalue weighted by atomic mass is 16.3. The topological polar surface area (TPSA) is 105 Å². The van der Waals surface area contributed by atoms with Crippen LogP contribution in [-0.4, -0.2) is 60.6 Å². The van der Waals surface area contributed by atoms with Gasteiger partial charge in [0.25, 0.3) is 5.95 Å². The van der Waals surface area contributed by atoms with Crippen LogP contribution in [0.3, 0.4) is 0 Å². The average molecular weight is 290 g/mol. The lowest BCUT2D eigenvalue weighted by molar-refractivity contribution is 0.0349. The van der Waals surface area contributed by atoms with Crippen molar-refractivity contribution >= 4 is 11.9 Å². The predicted molar refractivity (Wildman–Crippen MR) is 76.4 cm³/mol. The van der Waals surface area contributed by atoms with Gasteiger partial charge >= 0.3 is 0 Å². The second kappa shape index (κ2) is 5.24. The molecule has 0 amide bonds. The monoisotopic (exact) mass is 290 g/mol. The van der Waals surface area contributed by atoms with Gasteiger partial charge in [0.2, 0.25) is 11.9 Å². The van der Waals surface area contributed by atoms with E-state index in [2.05, 4.69) is 30.4 Å². The van der Waals surface area contributed by atoms with Crippen molar-refractivity contribution in [2.24, 2.45) is 0 Å². The summed E-state index contributed by atoms with van der Waals surface area (Å²) in [6.07, 6.45) is 4.35. The fraction of sp³-hybridized carbons (Fsp3) is 0.583. The molecule has 1 aliphatic heterocycles. The molecule has 1 fully saturated rings. The van der Waals surface area contributed by atoms with Gasteiger partial charge in [-0.05, 0) is 19.8 Å². The molecule has 0 spiro atoms. The third kappa shape index (κ3) is 2.92. The highest BCUT2D eigenvalue weighted by Crippen LogP contribution is 2.24. The van der Waals surface area contributed by atoms with E-state index in [0.717, 1.165) is 0 Å². The quantitative estimate of drug-likeness (QED) is 0.804. The summed E-state index contributed by atoms with van der Waals surface area (Å²) in [5, 5.41) is 17.0. The zero-order valence-electron chi connectivity index (χ0n) is 12.1. The van der Waals surface area contributed by atoms with E-state index in [1.807, 2.05) is 11.8 Å². The first-order valence-electron chi connectivity index (χ1n) is 6.83. The fourth-order valence-electron chi connectivity index (χ4n) is 2.21. The molecule has 0 atom stereocenters. The number of nitrogens with zero attached hydrogens (tertiary/aromatic N) is 7. The van der Waals surface area contributed by atoms with Crippen molar-refractivity contribution in [3.63, 3.8) is 0 Å². The molecular weight excluding hydrogens is 272 g/mol. The lowest BCUT2D eigenvalue weighted by Gasteiger charge is -2.35. The summed E-state index contributed by atoms with van der Waals surface area (Å²) in [6.45, 7) is 3.27. The smallest absolute Gasteiger partial charge is 0.258 e. The first-order chi connectivity index (χ1) is 10.1. The molecule has 3 heterocycles. The van der Waals surface area contributed by atoms with E-state index in [0.29, 0.717) is 43.8 Å². The van der Waals surface area contributed by atoms with Gasteiger partial charge in [-0.1, -0.05) is 0 Å². The van der Waals surface area contributed by atoms with Gasteiger partial charge in [-0.3, -0.25) is 0 Å². The third-order valence-corrected chi connectivity index (χ3v) is 3.58. The van der Waals surface area contributed by atoms with E-state index in [9.17, 15) is 5.11 Å². The standard InChI is InChI=1S/C12H18N8O/c1-12(21)3-5-19(6-4-12)10-16-9(13-2)17-11(18-10)20-8-14-7-15-20/h7-8,21H,3-6H2,1-2H3,(H,13,16,17,18). The lowest BCUT2D eigenvalue weighted by atomic mass is 9.94. The molecule has 1 saturated heterocycles. The number of anilines is 2. The van der Waals surface area contributed by atoms with E-state index in [1.54, 1.807) is 13.4 Å². The van der Waals surface area contributed by atoms with E-state index in [-0.39, 0.29) is 0 Å². The molecule has 1 aliphatic rings. The van der Waals surface area contributed by atoms with Crippen molar-refractivity contribution in [3.05, 3.63) is 12.7 Å². The summed E-state index contributed by atoms with van der Waals surface area (Å²) >= 11 is 0. The van der Waals surface area contributed by atoms with Gasteiger partial charge in [0.1, 0.15) is 12.7 Å². The zero-order chi connectivity index (χ0) is 14.9. The van der Waals surface area contributed by atoms with Crippen molar-refractivity contribution in [1.82, 2.24) is 29.7 Å². The minimum absolute atomic E-state index is 0.416. The third-order valence-electron chi connectivity index (χ3n) is 3.58. The molecule has 0 radical (unpaired) electrons. The fourth-order valence-corrected chi connectivity index (χ4v) is 2.21. The van der Waals surface area contributed by atoms with Crippen LogP contribution >= 0.6 is 0 Å². The van der Waals surface area contributed by atoms with Gasteiger partial charge in [-0.2, -0.15) is 24.7 Å². The van der Waals surface area contributed by atoms with Gasteiger partial charge < -0.3 is 15.3 Å². The highest BCUT2D eigenvalue weighted by molar-refractivity contribution is 5.40. The number of aliphatic hydroxyl groups is 1. The van der Waals surface area contributed by atoms with Crippen molar-refractivity contribution in [1.29, 1.82) is 0 Å². The van der Waals surface area contributed by atoms with Crippen LogP contribution in [0.5, 0.6) is 0 Å². The average Bonchev–Trinajstić information content (AvgIpc) is 3.01. The second-order valence-electron chi connectivity index (χ2n) is 5.33. The van der Waals surface area contributed by atoms with Gasteiger partial charge in [-0.15, -0.1) is 0 Å². The molecule has 2 aromatic rings. The Morgan fingerprint density at radius 3 is 2.52 bits per heavy atom. The van der Waals surface area contributed by atoms with Crippen molar-refractivity contribution < 1.29 is 5.11 Å². The molecule has 0 aliphatic carbocycles. The number of rotatable bonds is 3. The Labute approximate surface area is 122 Å². The van der Waals surface area contributed by atoms with Crippen LogP contribution < -0.4 is 10.2 Å². The molecule has 21 heavy (non-hydrogen) atoms. The van der Waals surface area contributed by atoms with Crippen LogP contribution in [-0.2, 0) is 0 Å². The minimum atomic E-state index is -0.607. The van der Waals surface area contributed by atoms with Crippen molar-refractivity contribution in [2.45, 2.75) is 25.4 Å². The lowest BCUT2D eigenvalue weighted by Crippen LogP contribution is -2.43. The van der Waals surface area contributed by atoms with Crippen molar-refractivity contribution in [3.8, 4) is 5.95 Å². The minimum Gasteiger partial charge on any atom is -0.390 e. The van der Waals surface area contributed by atoms with Gasteiger partial charge in [0.05, 0.1) is 5.60 Å². The summed E-state index contributed by atoms with van der Waals surface area (Å²) in [6, 6.07) is 0. The Morgan fingerprint density at radius 2 is 1.90 bits per heavy atom. The maximum Gasteiger partial charge on any atom is 0.258 e. The highest BCUT2D eigenvalue weighted by Gasteiger charge is 2.29. The molecule has 112 valence electrons. The Bertz CT molecular complexity index is 602. The van der Waals surface area contributed by atoms with Crippen LogP contribution in [0.15, 0.2) is 12.7 Å². The summed E-state index contributed by atoms with van der Waals surface area (Å²) in [5.74, 6) is 1.47. The van der Waals surface area contributed by atoms with Crippen LogP contribution in [0.4, 0.5) is 11.9 Å². The summed E-state index contributed by atoms with van der Waals surface area (Å²) in [5.41, 5.74) is -0.607. The van der Waals surface area contributed by atoms with E-state index in [1.165, 1.54) is 11.0 Å². The first kappa shape index (κ1) is 13.7. The van der Waals surface area contributed by atoms with E-state index >= 15 is 0 Å². The largest absolute Gasteiger partial charge is 0.390 e. The Kier molecular flexibility index (Phi) is 3.42. The second-order valence-corrected chi connectivity index (χ2v) is 5.33. The zero-order valence-corrected chi connectivity index (χ0v) is 12.1. The number of aromatic nitrogens is 6. The Balaban J connectivity index is 1.90. The maximum atomic E-state index is 10.0. The number of nitrogens with one attached hydrogen (secondary N) is 1. The summed E-state index contributed by atoms with van der Waals surface area (Å²) in [7, 11) is 1.76. The Hall–Kier alpha value is -2.29. The molecular formula is C12H18N8O. The SMILES string of the molecule is CNc1nc(N2CCC(C)(O)CC2)nc(-n2cncn2)n1. The van der Waals surface area contributed by atoms with Gasteiger partial charge in [-0.25, -0.2) is 4.98 Å². The molecule has 0 unspecified atom stereocenters. The number of hydrogen-bond acceptors (Lipinski definition) is 8. The molecule has 9 heteroatoms. The molecule has 0 saturated carbocycles. The van der Waals surface area contributed by atoms with E-state index in [4.69, 9.17) is 0 Å². The van der Waals surface area contributed by atoms with E-state index < -0.39 is 5.60 Å². The normalized spacial score (nSPS) is 17.8. The van der Waals surface area contributed by atoms with Crippen LogP contribution in [0.1, 0.15) is 19.8 Å². The molecule has 2 aromatic heterocycles. The Morgan fingerprint density at radius 1 is 1.19 bits per heavy atom. The number of piperidine rings is 1. The molecule has 9 nitrogen and oxygen atoms in total. The molecule has 3 rings (SSSR count). The summed E-state index contributed by atoms with van der Waals surface area (Å²) < 4.78 is 1.49. The predicted octanol–water partition coefficient (Wildman–Crippen LogP) is -0.155. The van der Waals surface area contributed by atoms with Crippen LogP contribution in [0.2, 0.25) is 0 Å². The maximum absolute atomic E-state index is 10.0. The van der Waals surface area contributed by atoms with Crippen molar-refractivity contribution in [2.75, 3.05) is 30.4 Å². The molecule has 2 N–H and O–H groups in total. The summed E-state index contributed by atoms with van der Waals surface area (Å²) in [4.78, 5) is 19.0.